The Labute approximate surface area is 149 Å². The van der Waals surface area contributed by atoms with Crippen LogP contribution in [0, 0.1) is 0 Å². The molecule has 0 bridgehead atoms. The fourth-order valence-corrected chi connectivity index (χ4v) is 2.35. The van der Waals surface area contributed by atoms with Crippen molar-refractivity contribution >= 4 is 25.0 Å². The van der Waals surface area contributed by atoms with Crippen LogP contribution in [0.1, 0.15) is 11.3 Å². The molecule has 0 fully saturated rings. The largest absolute Gasteiger partial charge is 0.435 e. The standard InChI is InChI=1S/C17H15F3N4.H2S/c18-17(19,20)15-10-16(22-13-7-2-1-3-8-13)24(23-15)14-9-5-4-6-12(14)11-21;/h1-10,22H,11,21H2;1H2. The average Bonchev–Trinajstić information content (AvgIpc) is 2.99. The maximum Gasteiger partial charge on any atom is 0.435 e. The molecule has 0 aliphatic heterocycles. The van der Waals surface area contributed by atoms with E-state index in [4.69, 9.17) is 5.73 Å². The van der Waals surface area contributed by atoms with E-state index >= 15 is 0 Å². The number of hydrogen-bond donors (Lipinski definition) is 2. The molecule has 3 aromatic rings. The Balaban J connectivity index is 0.00000225. The lowest BCUT2D eigenvalue weighted by Gasteiger charge is -2.12. The van der Waals surface area contributed by atoms with E-state index in [1.807, 2.05) is 6.07 Å². The normalized spacial score (nSPS) is 11.0. The van der Waals surface area contributed by atoms with Crippen LogP contribution in [0.4, 0.5) is 24.7 Å². The molecule has 0 spiro atoms. The predicted octanol–water partition coefficient (Wildman–Crippen LogP) is 4.21. The lowest BCUT2D eigenvalue weighted by atomic mass is 10.2. The van der Waals surface area contributed by atoms with Gasteiger partial charge in [0.25, 0.3) is 0 Å². The summed E-state index contributed by atoms with van der Waals surface area (Å²) in [4.78, 5) is 0. The van der Waals surface area contributed by atoms with Gasteiger partial charge < -0.3 is 11.1 Å². The number of nitrogens with zero attached hydrogens (tertiary/aromatic N) is 2. The van der Waals surface area contributed by atoms with Crippen molar-refractivity contribution < 1.29 is 13.2 Å². The van der Waals surface area contributed by atoms with Crippen molar-refractivity contribution in [2.45, 2.75) is 12.7 Å². The molecule has 132 valence electrons. The molecule has 25 heavy (non-hydrogen) atoms. The second-order valence-corrected chi connectivity index (χ2v) is 5.15. The Morgan fingerprint density at radius 3 is 2.28 bits per heavy atom. The summed E-state index contributed by atoms with van der Waals surface area (Å²) in [5, 5.41) is 6.70. The minimum Gasteiger partial charge on any atom is -0.340 e. The van der Waals surface area contributed by atoms with Gasteiger partial charge in [-0.15, -0.1) is 0 Å². The topological polar surface area (TPSA) is 55.9 Å². The van der Waals surface area contributed by atoms with E-state index in [-0.39, 0.29) is 25.9 Å². The molecule has 3 N–H and O–H groups in total. The monoisotopic (exact) mass is 366 g/mol. The van der Waals surface area contributed by atoms with E-state index in [1.54, 1.807) is 48.5 Å². The summed E-state index contributed by atoms with van der Waals surface area (Å²) in [7, 11) is 0. The minimum absolute atomic E-state index is 0. The van der Waals surface area contributed by atoms with Crippen molar-refractivity contribution in [2.75, 3.05) is 5.32 Å². The zero-order chi connectivity index (χ0) is 17.2. The van der Waals surface area contributed by atoms with Crippen LogP contribution in [-0.2, 0) is 12.7 Å². The lowest BCUT2D eigenvalue weighted by molar-refractivity contribution is -0.141. The van der Waals surface area contributed by atoms with Gasteiger partial charge in [-0.2, -0.15) is 31.8 Å². The quantitative estimate of drug-likeness (QED) is 0.727. The molecule has 0 radical (unpaired) electrons. The molecule has 0 unspecified atom stereocenters. The highest BCUT2D eigenvalue weighted by Gasteiger charge is 2.35. The Hall–Kier alpha value is -2.45. The smallest absolute Gasteiger partial charge is 0.340 e. The van der Waals surface area contributed by atoms with Gasteiger partial charge >= 0.3 is 6.18 Å². The summed E-state index contributed by atoms with van der Waals surface area (Å²) in [6.45, 7) is 0.197. The average molecular weight is 366 g/mol. The summed E-state index contributed by atoms with van der Waals surface area (Å²) in [6.07, 6.45) is -4.53. The predicted molar refractivity (Wildman–Crippen MR) is 96.6 cm³/mol. The van der Waals surface area contributed by atoms with E-state index in [9.17, 15) is 13.2 Å². The van der Waals surface area contributed by atoms with Gasteiger partial charge in [0.05, 0.1) is 5.69 Å². The van der Waals surface area contributed by atoms with E-state index in [1.165, 1.54) is 4.68 Å². The molecule has 0 amide bonds. The minimum atomic E-state index is -4.53. The first-order chi connectivity index (χ1) is 11.5. The highest BCUT2D eigenvalue weighted by molar-refractivity contribution is 7.59. The van der Waals surface area contributed by atoms with Crippen molar-refractivity contribution in [3.8, 4) is 5.69 Å². The highest BCUT2D eigenvalue weighted by Crippen LogP contribution is 2.32. The molecule has 3 rings (SSSR count). The number of aromatic nitrogens is 2. The molecule has 4 nitrogen and oxygen atoms in total. The summed E-state index contributed by atoms with van der Waals surface area (Å²) >= 11 is 0. The number of benzene rings is 2. The summed E-state index contributed by atoms with van der Waals surface area (Å²) in [5.41, 5.74) is 6.61. The first-order valence-electron chi connectivity index (χ1n) is 7.26. The van der Waals surface area contributed by atoms with E-state index in [0.29, 0.717) is 16.9 Å². The number of rotatable bonds is 4. The Kier molecular flexibility index (Phi) is 5.76. The van der Waals surface area contributed by atoms with Crippen molar-refractivity contribution in [3.63, 3.8) is 0 Å². The fraction of sp³-hybridized carbons (Fsp3) is 0.118. The van der Waals surface area contributed by atoms with Gasteiger partial charge in [-0.1, -0.05) is 36.4 Å². The molecule has 2 aromatic carbocycles. The Morgan fingerprint density at radius 1 is 1.00 bits per heavy atom. The third-order valence-electron chi connectivity index (χ3n) is 3.49. The number of para-hydroxylation sites is 2. The number of halogens is 3. The second kappa shape index (κ2) is 7.62. The molecule has 8 heteroatoms. The van der Waals surface area contributed by atoms with E-state index in [0.717, 1.165) is 6.07 Å². The molecular weight excluding hydrogens is 349 g/mol. The van der Waals surface area contributed by atoms with Gasteiger partial charge in [0.1, 0.15) is 5.82 Å². The maximum atomic E-state index is 13.1. The number of hydrogen-bond acceptors (Lipinski definition) is 3. The SMILES string of the molecule is NCc1ccccc1-n1nc(C(F)(F)F)cc1Nc1ccccc1.S. The molecule has 0 atom stereocenters. The van der Waals surface area contributed by atoms with Crippen molar-refractivity contribution in [1.82, 2.24) is 9.78 Å². The van der Waals surface area contributed by atoms with Gasteiger partial charge in [0.2, 0.25) is 0 Å². The second-order valence-electron chi connectivity index (χ2n) is 5.15. The molecule has 0 aliphatic carbocycles. The van der Waals surface area contributed by atoms with Crippen LogP contribution in [0.5, 0.6) is 0 Å². The van der Waals surface area contributed by atoms with Gasteiger partial charge in [-0.05, 0) is 23.8 Å². The molecular formula is C17H17F3N4S. The summed E-state index contributed by atoms with van der Waals surface area (Å²) in [6, 6.07) is 16.9. The maximum absolute atomic E-state index is 13.1. The Morgan fingerprint density at radius 2 is 1.64 bits per heavy atom. The van der Waals surface area contributed by atoms with Gasteiger partial charge in [0, 0.05) is 18.3 Å². The van der Waals surface area contributed by atoms with Crippen LogP contribution < -0.4 is 11.1 Å². The zero-order valence-corrected chi connectivity index (χ0v) is 14.1. The number of nitrogens with one attached hydrogen (secondary N) is 1. The first-order valence-corrected chi connectivity index (χ1v) is 7.26. The van der Waals surface area contributed by atoms with Crippen LogP contribution in [0.2, 0.25) is 0 Å². The fourth-order valence-electron chi connectivity index (χ4n) is 2.35. The molecule has 0 saturated carbocycles. The van der Waals surface area contributed by atoms with Crippen molar-refractivity contribution in [1.29, 1.82) is 0 Å². The highest BCUT2D eigenvalue weighted by atomic mass is 32.1. The Bertz CT molecular complexity index is 831. The van der Waals surface area contributed by atoms with Crippen LogP contribution in [0.3, 0.4) is 0 Å². The van der Waals surface area contributed by atoms with Crippen LogP contribution in [-0.4, -0.2) is 9.78 Å². The number of alkyl halides is 3. The summed E-state index contributed by atoms with van der Waals surface area (Å²) in [5.74, 6) is 0.217. The van der Waals surface area contributed by atoms with Gasteiger partial charge in [0.15, 0.2) is 5.69 Å². The van der Waals surface area contributed by atoms with Crippen LogP contribution in [0.25, 0.3) is 5.69 Å². The molecule has 0 aliphatic rings. The van der Waals surface area contributed by atoms with Crippen LogP contribution in [0.15, 0.2) is 60.7 Å². The number of anilines is 2. The van der Waals surface area contributed by atoms with Crippen molar-refractivity contribution in [2.24, 2.45) is 5.73 Å². The lowest BCUT2D eigenvalue weighted by Crippen LogP contribution is -2.10. The van der Waals surface area contributed by atoms with Gasteiger partial charge in [-0.25, -0.2) is 4.68 Å². The molecule has 1 aromatic heterocycles. The van der Waals surface area contributed by atoms with Crippen molar-refractivity contribution in [3.05, 3.63) is 71.9 Å². The molecule has 0 saturated heterocycles. The zero-order valence-electron chi connectivity index (χ0n) is 13.1. The third kappa shape index (κ3) is 4.15. The van der Waals surface area contributed by atoms with Gasteiger partial charge in [-0.3, -0.25) is 0 Å². The third-order valence-corrected chi connectivity index (χ3v) is 3.49. The van der Waals surface area contributed by atoms with E-state index in [2.05, 4.69) is 10.4 Å². The molecule has 1 heterocycles. The van der Waals surface area contributed by atoms with E-state index < -0.39 is 11.9 Å². The first kappa shape index (κ1) is 18.9. The number of nitrogens with two attached hydrogens (primary N) is 1. The van der Waals surface area contributed by atoms with Crippen LogP contribution >= 0.6 is 13.5 Å². The summed E-state index contributed by atoms with van der Waals surface area (Å²) < 4.78 is 40.5.